The normalized spacial score (nSPS) is 18.5. The summed E-state index contributed by atoms with van der Waals surface area (Å²) in [6, 6.07) is 3.76. The highest BCUT2D eigenvalue weighted by molar-refractivity contribution is 7.98. The van der Waals surface area contributed by atoms with E-state index in [-0.39, 0.29) is 5.91 Å². The summed E-state index contributed by atoms with van der Waals surface area (Å²) < 4.78 is 26.5. The van der Waals surface area contributed by atoms with Crippen LogP contribution in [-0.4, -0.2) is 35.9 Å². The number of piperidine rings is 1. The van der Waals surface area contributed by atoms with Crippen molar-refractivity contribution in [3.63, 3.8) is 0 Å². The molecule has 1 aromatic carbocycles. The molecule has 5 heteroatoms. The number of hydrogen-bond acceptors (Lipinski definition) is 2. The molecule has 1 amide bonds. The van der Waals surface area contributed by atoms with Crippen molar-refractivity contribution in [2.24, 2.45) is 5.92 Å². The lowest BCUT2D eigenvalue weighted by Gasteiger charge is -2.33. The summed E-state index contributed by atoms with van der Waals surface area (Å²) in [6.07, 6.45) is 6.14. The first kappa shape index (κ1) is 17.3. The summed E-state index contributed by atoms with van der Waals surface area (Å²) in [5.74, 6) is 0.498. The van der Waals surface area contributed by atoms with Gasteiger partial charge in [-0.25, -0.2) is 8.78 Å². The number of rotatable bonds is 6. The van der Waals surface area contributed by atoms with Crippen LogP contribution in [-0.2, 0) is 11.2 Å². The lowest BCUT2D eigenvalue weighted by Crippen LogP contribution is -2.40. The summed E-state index contributed by atoms with van der Waals surface area (Å²) in [7, 11) is 0. The van der Waals surface area contributed by atoms with Crippen molar-refractivity contribution in [3.8, 4) is 0 Å². The Balaban J connectivity index is 1.83. The maximum Gasteiger partial charge on any atom is 0.223 e. The first-order valence-corrected chi connectivity index (χ1v) is 9.20. The summed E-state index contributed by atoms with van der Waals surface area (Å²) in [5, 5.41) is 0. The standard InChI is InChI=1S/C17H23F2NOS/c1-22-10-8-17(21)20-9-2-3-13(12-20)4-5-14-6-7-15(18)11-16(14)19/h6-7,11,13H,2-5,8-10,12H2,1H3/t13-/m1/s1. The third-order valence-electron chi connectivity index (χ3n) is 4.23. The number of hydrogen-bond donors (Lipinski definition) is 0. The number of benzene rings is 1. The van der Waals surface area contributed by atoms with Crippen molar-refractivity contribution >= 4 is 17.7 Å². The van der Waals surface area contributed by atoms with Gasteiger partial charge < -0.3 is 4.90 Å². The van der Waals surface area contributed by atoms with E-state index in [0.717, 1.165) is 44.2 Å². The van der Waals surface area contributed by atoms with Gasteiger partial charge in [-0.1, -0.05) is 6.07 Å². The fourth-order valence-corrected chi connectivity index (χ4v) is 3.34. The third kappa shape index (κ3) is 4.97. The highest BCUT2D eigenvalue weighted by Crippen LogP contribution is 2.23. The molecule has 0 unspecified atom stereocenters. The molecule has 1 atom stereocenters. The monoisotopic (exact) mass is 327 g/mol. The van der Waals surface area contributed by atoms with Gasteiger partial charge in [0.25, 0.3) is 0 Å². The van der Waals surface area contributed by atoms with Crippen molar-refractivity contribution in [1.82, 2.24) is 4.90 Å². The minimum atomic E-state index is -0.538. The van der Waals surface area contributed by atoms with Gasteiger partial charge in [-0.15, -0.1) is 0 Å². The van der Waals surface area contributed by atoms with E-state index in [0.29, 0.717) is 24.3 Å². The largest absolute Gasteiger partial charge is 0.342 e. The van der Waals surface area contributed by atoms with Gasteiger partial charge in [-0.05, 0) is 49.5 Å². The van der Waals surface area contributed by atoms with E-state index in [1.54, 1.807) is 11.8 Å². The molecule has 0 radical (unpaired) electrons. The van der Waals surface area contributed by atoms with Crippen LogP contribution in [0.15, 0.2) is 18.2 Å². The molecule has 122 valence electrons. The van der Waals surface area contributed by atoms with E-state index in [9.17, 15) is 13.6 Å². The topological polar surface area (TPSA) is 20.3 Å². The second kappa shape index (κ2) is 8.51. The Morgan fingerprint density at radius 2 is 2.23 bits per heavy atom. The van der Waals surface area contributed by atoms with Crippen LogP contribution in [0, 0.1) is 17.6 Å². The molecule has 22 heavy (non-hydrogen) atoms. The molecule has 0 bridgehead atoms. The van der Waals surface area contributed by atoms with Crippen LogP contribution in [0.3, 0.4) is 0 Å². The zero-order chi connectivity index (χ0) is 15.9. The van der Waals surface area contributed by atoms with E-state index in [4.69, 9.17) is 0 Å². The van der Waals surface area contributed by atoms with Gasteiger partial charge in [0.2, 0.25) is 5.91 Å². The van der Waals surface area contributed by atoms with Gasteiger partial charge in [0.15, 0.2) is 0 Å². The van der Waals surface area contributed by atoms with Crippen LogP contribution < -0.4 is 0 Å². The molecule has 0 saturated carbocycles. The van der Waals surface area contributed by atoms with Crippen LogP contribution in [0.1, 0.15) is 31.2 Å². The van der Waals surface area contributed by atoms with Crippen molar-refractivity contribution in [3.05, 3.63) is 35.4 Å². The molecule has 1 aromatic rings. The summed E-state index contributed by atoms with van der Waals surface area (Å²) in [6.45, 7) is 1.62. The number of likely N-dealkylation sites (tertiary alicyclic amines) is 1. The van der Waals surface area contributed by atoms with E-state index >= 15 is 0 Å². The van der Waals surface area contributed by atoms with E-state index in [1.165, 1.54) is 12.1 Å². The smallest absolute Gasteiger partial charge is 0.223 e. The Kier molecular flexibility index (Phi) is 6.68. The summed E-state index contributed by atoms with van der Waals surface area (Å²) in [5.41, 5.74) is 0.562. The van der Waals surface area contributed by atoms with Crippen LogP contribution in [0.2, 0.25) is 0 Å². The fourth-order valence-electron chi connectivity index (χ4n) is 2.96. The molecule has 0 aliphatic carbocycles. The molecule has 1 aliphatic rings. The van der Waals surface area contributed by atoms with Crippen LogP contribution in [0.25, 0.3) is 0 Å². The molecular weight excluding hydrogens is 304 g/mol. The van der Waals surface area contributed by atoms with Gasteiger partial charge in [-0.2, -0.15) is 11.8 Å². The highest BCUT2D eigenvalue weighted by atomic mass is 32.2. The number of thioether (sulfide) groups is 1. The molecule has 1 fully saturated rings. The Morgan fingerprint density at radius 3 is 2.95 bits per heavy atom. The number of aryl methyl sites for hydroxylation is 1. The van der Waals surface area contributed by atoms with Crippen molar-refractivity contribution < 1.29 is 13.6 Å². The summed E-state index contributed by atoms with van der Waals surface area (Å²) in [4.78, 5) is 14.0. The SMILES string of the molecule is CSCCC(=O)N1CCC[C@H](CCc2ccc(F)cc2F)C1. The van der Waals surface area contributed by atoms with Crippen LogP contribution in [0.4, 0.5) is 8.78 Å². The molecule has 0 spiro atoms. The molecule has 1 saturated heterocycles. The number of nitrogens with zero attached hydrogens (tertiary/aromatic N) is 1. The third-order valence-corrected chi connectivity index (χ3v) is 4.84. The highest BCUT2D eigenvalue weighted by Gasteiger charge is 2.23. The second-order valence-electron chi connectivity index (χ2n) is 5.87. The average Bonchev–Trinajstić information content (AvgIpc) is 2.52. The maximum absolute atomic E-state index is 13.6. The Bertz CT molecular complexity index is 509. The van der Waals surface area contributed by atoms with Gasteiger partial charge in [0, 0.05) is 31.3 Å². The van der Waals surface area contributed by atoms with E-state index in [2.05, 4.69) is 0 Å². The van der Waals surface area contributed by atoms with Gasteiger partial charge in [0.05, 0.1) is 0 Å². The van der Waals surface area contributed by atoms with Crippen LogP contribution >= 0.6 is 11.8 Å². The average molecular weight is 327 g/mol. The molecule has 0 aromatic heterocycles. The molecule has 1 aliphatic heterocycles. The molecule has 2 rings (SSSR count). The number of carbonyl (C=O) groups is 1. The maximum atomic E-state index is 13.6. The minimum absolute atomic E-state index is 0.229. The summed E-state index contributed by atoms with van der Waals surface area (Å²) >= 11 is 1.69. The zero-order valence-electron chi connectivity index (χ0n) is 13.0. The predicted octanol–water partition coefficient (Wildman–Crippen LogP) is 3.89. The number of carbonyl (C=O) groups excluding carboxylic acids is 1. The van der Waals surface area contributed by atoms with Gasteiger partial charge in [-0.3, -0.25) is 4.79 Å². The lowest BCUT2D eigenvalue weighted by atomic mass is 9.91. The second-order valence-corrected chi connectivity index (χ2v) is 6.85. The Morgan fingerprint density at radius 1 is 1.41 bits per heavy atom. The van der Waals surface area contributed by atoms with Crippen molar-refractivity contribution in [1.29, 1.82) is 0 Å². The Labute approximate surface area is 135 Å². The van der Waals surface area contributed by atoms with Crippen LogP contribution in [0.5, 0.6) is 0 Å². The van der Waals surface area contributed by atoms with E-state index in [1.807, 2.05) is 11.2 Å². The Hall–Kier alpha value is -1.10. The van der Waals surface area contributed by atoms with Crippen molar-refractivity contribution in [2.45, 2.75) is 32.1 Å². The molecular formula is C17H23F2NOS. The molecule has 1 heterocycles. The van der Waals surface area contributed by atoms with Gasteiger partial charge >= 0.3 is 0 Å². The zero-order valence-corrected chi connectivity index (χ0v) is 13.8. The number of amides is 1. The van der Waals surface area contributed by atoms with Gasteiger partial charge in [0.1, 0.15) is 11.6 Å². The first-order valence-electron chi connectivity index (χ1n) is 7.80. The lowest BCUT2D eigenvalue weighted by molar-refractivity contribution is -0.132. The first-order chi connectivity index (χ1) is 10.6. The quantitative estimate of drug-likeness (QED) is 0.790. The minimum Gasteiger partial charge on any atom is -0.342 e. The van der Waals surface area contributed by atoms with Crippen molar-refractivity contribution in [2.75, 3.05) is 25.1 Å². The fraction of sp³-hybridized carbons (Fsp3) is 0.588. The number of halogens is 2. The molecule has 0 N–H and O–H groups in total. The van der Waals surface area contributed by atoms with E-state index < -0.39 is 11.6 Å². The predicted molar refractivity (Wildman–Crippen MR) is 87.0 cm³/mol. The molecule has 2 nitrogen and oxygen atoms in total.